The van der Waals surface area contributed by atoms with Gasteiger partial charge in [0, 0.05) is 10.9 Å². The minimum Gasteiger partial charge on any atom is -0.314 e. The number of nitrogens with one attached hydrogen (secondary N) is 1. The van der Waals surface area contributed by atoms with E-state index < -0.39 is 9.84 Å². The third kappa shape index (κ3) is 4.27. The smallest absolute Gasteiger partial charge is 0.150 e. The molecule has 0 aromatic carbocycles. The van der Waals surface area contributed by atoms with Gasteiger partial charge in [-0.05, 0) is 57.4 Å². The lowest BCUT2D eigenvalue weighted by atomic mass is 9.87. The van der Waals surface area contributed by atoms with Crippen LogP contribution in [0.2, 0.25) is 0 Å². The Morgan fingerprint density at radius 2 is 2.24 bits per heavy atom. The van der Waals surface area contributed by atoms with Crippen LogP contribution in [-0.2, 0) is 16.3 Å². The average molecular weight is 329 g/mol. The highest BCUT2D eigenvalue weighted by Crippen LogP contribution is 2.30. The van der Waals surface area contributed by atoms with Crippen LogP contribution in [0.25, 0.3) is 0 Å². The first-order chi connectivity index (χ1) is 10.0. The number of sulfone groups is 1. The number of rotatable bonds is 7. The Labute approximate surface area is 131 Å². The second kappa shape index (κ2) is 6.34. The van der Waals surface area contributed by atoms with Gasteiger partial charge in [-0.25, -0.2) is 13.4 Å². The SMILES string of the molecule is Cc1ncsc1CCC(CNC1CC1)C1CCS(=O)(=O)C1. The van der Waals surface area contributed by atoms with Crippen LogP contribution in [0.3, 0.4) is 0 Å². The number of thiazole rings is 1. The lowest BCUT2D eigenvalue weighted by molar-refractivity contribution is 0.325. The summed E-state index contributed by atoms with van der Waals surface area (Å²) in [6, 6.07) is 0.690. The third-order valence-electron chi connectivity index (χ3n) is 4.77. The molecule has 1 aliphatic carbocycles. The Morgan fingerprint density at radius 1 is 1.43 bits per heavy atom. The van der Waals surface area contributed by atoms with Gasteiger partial charge in [-0.3, -0.25) is 0 Å². The molecule has 0 spiro atoms. The van der Waals surface area contributed by atoms with Crippen molar-refractivity contribution in [2.45, 2.75) is 45.1 Å². The molecule has 1 aliphatic heterocycles. The molecule has 1 saturated heterocycles. The molecular formula is C15H24N2O2S2. The van der Waals surface area contributed by atoms with Crippen molar-refractivity contribution in [1.82, 2.24) is 10.3 Å². The number of nitrogens with zero attached hydrogens (tertiary/aromatic N) is 1. The summed E-state index contributed by atoms with van der Waals surface area (Å²) in [5.74, 6) is 1.60. The molecule has 1 aromatic rings. The van der Waals surface area contributed by atoms with Crippen molar-refractivity contribution in [2.24, 2.45) is 11.8 Å². The van der Waals surface area contributed by atoms with Crippen LogP contribution in [0.4, 0.5) is 0 Å². The topological polar surface area (TPSA) is 59.1 Å². The van der Waals surface area contributed by atoms with Gasteiger partial charge < -0.3 is 5.32 Å². The van der Waals surface area contributed by atoms with E-state index in [1.54, 1.807) is 11.3 Å². The first-order valence-electron chi connectivity index (χ1n) is 7.86. The van der Waals surface area contributed by atoms with Crippen molar-refractivity contribution in [2.75, 3.05) is 18.1 Å². The molecule has 21 heavy (non-hydrogen) atoms. The highest BCUT2D eigenvalue weighted by Gasteiger charge is 2.34. The summed E-state index contributed by atoms with van der Waals surface area (Å²) in [6.07, 6.45) is 5.52. The number of hydrogen-bond donors (Lipinski definition) is 1. The summed E-state index contributed by atoms with van der Waals surface area (Å²) in [5, 5.41) is 3.60. The zero-order valence-electron chi connectivity index (χ0n) is 12.5. The molecule has 0 radical (unpaired) electrons. The summed E-state index contributed by atoms with van der Waals surface area (Å²) in [4.78, 5) is 5.66. The van der Waals surface area contributed by atoms with Crippen molar-refractivity contribution in [1.29, 1.82) is 0 Å². The van der Waals surface area contributed by atoms with E-state index in [0.717, 1.165) is 31.5 Å². The van der Waals surface area contributed by atoms with E-state index >= 15 is 0 Å². The van der Waals surface area contributed by atoms with Gasteiger partial charge in [0.25, 0.3) is 0 Å². The molecule has 0 amide bonds. The van der Waals surface area contributed by atoms with Crippen molar-refractivity contribution in [3.8, 4) is 0 Å². The molecule has 4 nitrogen and oxygen atoms in total. The molecule has 2 fully saturated rings. The van der Waals surface area contributed by atoms with Crippen LogP contribution in [-0.4, -0.2) is 37.5 Å². The largest absolute Gasteiger partial charge is 0.314 e. The van der Waals surface area contributed by atoms with E-state index in [2.05, 4.69) is 17.2 Å². The predicted octanol–water partition coefficient (Wildman–Crippen LogP) is 2.19. The summed E-state index contributed by atoms with van der Waals surface area (Å²) >= 11 is 1.72. The third-order valence-corrected chi connectivity index (χ3v) is 7.56. The van der Waals surface area contributed by atoms with Gasteiger partial charge in [-0.2, -0.15) is 0 Å². The molecule has 6 heteroatoms. The van der Waals surface area contributed by atoms with Crippen LogP contribution < -0.4 is 5.32 Å². The normalized spacial score (nSPS) is 26.0. The number of aromatic nitrogens is 1. The zero-order valence-corrected chi connectivity index (χ0v) is 14.2. The molecule has 2 unspecified atom stereocenters. The maximum Gasteiger partial charge on any atom is 0.150 e. The molecule has 3 rings (SSSR count). The van der Waals surface area contributed by atoms with Crippen LogP contribution >= 0.6 is 11.3 Å². The van der Waals surface area contributed by atoms with Crippen LogP contribution in [0.1, 0.15) is 36.3 Å². The first kappa shape index (κ1) is 15.4. The van der Waals surface area contributed by atoms with Gasteiger partial charge >= 0.3 is 0 Å². The fraction of sp³-hybridized carbons (Fsp3) is 0.800. The summed E-state index contributed by atoms with van der Waals surface area (Å²) in [6.45, 7) is 3.03. The van der Waals surface area contributed by atoms with Gasteiger partial charge in [-0.15, -0.1) is 11.3 Å². The van der Waals surface area contributed by atoms with Gasteiger partial charge in [-0.1, -0.05) is 0 Å². The lowest BCUT2D eigenvalue weighted by Gasteiger charge is -2.23. The van der Waals surface area contributed by atoms with E-state index in [4.69, 9.17) is 0 Å². The van der Waals surface area contributed by atoms with Crippen LogP contribution in [0.5, 0.6) is 0 Å². The Morgan fingerprint density at radius 3 is 2.81 bits per heavy atom. The Kier molecular flexibility index (Phi) is 4.66. The molecule has 0 bridgehead atoms. The molecular weight excluding hydrogens is 304 g/mol. The molecule has 118 valence electrons. The maximum atomic E-state index is 11.8. The number of aryl methyl sites for hydroxylation is 2. The molecule has 1 aromatic heterocycles. The van der Waals surface area contributed by atoms with Crippen molar-refractivity contribution in [3.05, 3.63) is 16.1 Å². The molecule has 2 atom stereocenters. The van der Waals surface area contributed by atoms with Crippen molar-refractivity contribution < 1.29 is 8.42 Å². The highest BCUT2D eigenvalue weighted by molar-refractivity contribution is 7.91. The summed E-state index contributed by atoms with van der Waals surface area (Å²) < 4.78 is 23.5. The average Bonchev–Trinajstić information content (AvgIpc) is 3.07. The Balaban J connectivity index is 1.59. The van der Waals surface area contributed by atoms with Gasteiger partial charge in [0.15, 0.2) is 9.84 Å². The molecule has 1 saturated carbocycles. The Hall–Kier alpha value is -0.460. The van der Waals surface area contributed by atoms with Crippen LogP contribution in [0.15, 0.2) is 5.51 Å². The molecule has 1 N–H and O–H groups in total. The zero-order chi connectivity index (χ0) is 14.9. The van der Waals surface area contributed by atoms with Gasteiger partial charge in [0.2, 0.25) is 0 Å². The monoisotopic (exact) mass is 328 g/mol. The fourth-order valence-electron chi connectivity index (χ4n) is 3.19. The first-order valence-corrected chi connectivity index (χ1v) is 10.6. The van der Waals surface area contributed by atoms with Crippen LogP contribution in [0, 0.1) is 18.8 Å². The summed E-state index contributed by atoms with van der Waals surface area (Å²) in [5.41, 5.74) is 3.04. The lowest BCUT2D eigenvalue weighted by Crippen LogP contribution is -2.30. The van der Waals surface area contributed by atoms with E-state index in [1.165, 1.54) is 17.7 Å². The minimum atomic E-state index is -2.78. The fourth-order valence-corrected chi connectivity index (χ4v) is 5.90. The second-order valence-electron chi connectivity index (χ2n) is 6.51. The van der Waals surface area contributed by atoms with Gasteiger partial charge in [0.1, 0.15) is 0 Å². The van der Waals surface area contributed by atoms with Gasteiger partial charge in [0.05, 0.1) is 22.7 Å². The maximum absolute atomic E-state index is 11.8. The predicted molar refractivity (Wildman–Crippen MR) is 86.4 cm³/mol. The summed E-state index contributed by atoms with van der Waals surface area (Å²) in [7, 11) is -2.78. The second-order valence-corrected chi connectivity index (χ2v) is 9.67. The van der Waals surface area contributed by atoms with E-state index in [9.17, 15) is 8.42 Å². The standard InChI is InChI=1S/C15H24N2O2S2/c1-11-15(20-10-17-11)5-2-12(8-16-14-3-4-14)13-6-7-21(18,19)9-13/h10,12-14,16H,2-9H2,1H3. The van der Waals surface area contributed by atoms with E-state index in [0.29, 0.717) is 29.4 Å². The Bertz CT molecular complexity index is 578. The quantitative estimate of drug-likeness (QED) is 0.833. The number of hydrogen-bond acceptors (Lipinski definition) is 5. The van der Waals surface area contributed by atoms with Crippen molar-refractivity contribution in [3.63, 3.8) is 0 Å². The van der Waals surface area contributed by atoms with E-state index in [1.807, 2.05) is 5.51 Å². The minimum absolute atomic E-state index is 0.342. The molecule has 2 heterocycles. The highest BCUT2D eigenvalue weighted by atomic mass is 32.2. The molecule has 2 aliphatic rings. The van der Waals surface area contributed by atoms with E-state index in [-0.39, 0.29) is 0 Å². The van der Waals surface area contributed by atoms with Crippen molar-refractivity contribution >= 4 is 21.2 Å².